The lowest BCUT2D eigenvalue weighted by Gasteiger charge is -2.21. The largest absolute Gasteiger partial charge is 0.486 e. The third kappa shape index (κ3) is 2.98. The first kappa shape index (κ1) is 12.8. The summed E-state index contributed by atoms with van der Waals surface area (Å²) in [4.78, 5) is 15.4. The number of carbonyl (C=O) groups is 1. The monoisotopic (exact) mass is 264 g/mol. The van der Waals surface area contributed by atoms with Gasteiger partial charge in [-0.25, -0.2) is 4.98 Å². The minimum absolute atomic E-state index is 0.118. The summed E-state index contributed by atoms with van der Waals surface area (Å²) in [6, 6.07) is 5.79. The lowest BCUT2D eigenvalue weighted by molar-refractivity contribution is -0.114. The van der Waals surface area contributed by atoms with Crippen molar-refractivity contribution in [2.24, 2.45) is 0 Å². The minimum atomic E-state index is -0.272. The molecule has 1 aromatic heterocycles. The molecule has 1 N–H and O–H groups in total. The van der Waals surface area contributed by atoms with Gasteiger partial charge in [-0.15, -0.1) is 0 Å². The summed E-state index contributed by atoms with van der Waals surface area (Å²) in [5.74, 6) is 0.625. The zero-order valence-electron chi connectivity index (χ0n) is 10.9. The fourth-order valence-electron chi connectivity index (χ4n) is 1.54. The predicted molar refractivity (Wildman–Crippen MR) is 74.3 cm³/mol. The molecule has 0 spiro atoms. The summed E-state index contributed by atoms with van der Waals surface area (Å²) in [6.07, 6.45) is 0. The summed E-state index contributed by atoms with van der Waals surface area (Å²) < 4.78 is 6.87. The normalized spacial score (nSPS) is 11.6. The molecule has 5 heteroatoms. The summed E-state index contributed by atoms with van der Waals surface area (Å²) >= 11 is 1.44. The number of para-hydroxylation sites is 1. The summed E-state index contributed by atoms with van der Waals surface area (Å²) in [6.45, 7) is 7.45. The zero-order valence-corrected chi connectivity index (χ0v) is 11.7. The SMILES string of the molecule is CC(=O)Nc1nc2c(OC(C)(C)C)cccc2s1. The van der Waals surface area contributed by atoms with Crippen molar-refractivity contribution in [3.63, 3.8) is 0 Å². The Hall–Kier alpha value is -1.62. The van der Waals surface area contributed by atoms with E-state index in [0.29, 0.717) is 5.13 Å². The first-order valence-corrected chi connectivity index (χ1v) is 6.53. The molecule has 2 rings (SSSR count). The van der Waals surface area contributed by atoms with Crippen LogP contribution in [0.3, 0.4) is 0 Å². The van der Waals surface area contributed by atoms with E-state index in [0.717, 1.165) is 16.0 Å². The van der Waals surface area contributed by atoms with Crippen molar-refractivity contribution in [1.29, 1.82) is 0 Å². The lowest BCUT2D eigenvalue weighted by atomic mass is 10.2. The van der Waals surface area contributed by atoms with Crippen LogP contribution in [0.1, 0.15) is 27.7 Å². The number of ether oxygens (including phenoxy) is 1. The summed E-state index contributed by atoms with van der Waals surface area (Å²) in [5.41, 5.74) is 0.521. The van der Waals surface area contributed by atoms with Gasteiger partial charge >= 0.3 is 0 Å². The van der Waals surface area contributed by atoms with Gasteiger partial charge in [0, 0.05) is 6.92 Å². The molecule has 2 aromatic rings. The van der Waals surface area contributed by atoms with Crippen LogP contribution in [0, 0.1) is 0 Å². The Morgan fingerprint density at radius 3 is 2.72 bits per heavy atom. The summed E-state index contributed by atoms with van der Waals surface area (Å²) in [5, 5.41) is 3.30. The number of amides is 1. The molecule has 0 aliphatic heterocycles. The van der Waals surface area contributed by atoms with E-state index >= 15 is 0 Å². The van der Waals surface area contributed by atoms with Crippen LogP contribution < -0.4 is 10.1 Å². The highest BCUT2D eigenvalue weighted by molar-refractivity contribution is 7.22. The van der Waals surface area contributed by atoms with Crippen LogP contribution in [0.4, 0.5) is 5.13 Å². The van der Waals surface area contributed by atoms with Gasteiger partial charge in [0.25, 0.3) is 0 Å². The first-order chi connectivity index (χ1) is 8.35. The van der Waals surface area contributed by atoms with Crippen molar-refractivity contribution in [3.05, 3.63) is 18.2 Å². The van der Waals surface area contributed by atoms with Crippen LogP contribution in [-0.2, 0) is 4.79 Å². The van der Waals surface area contributed by atoms with Crippen LogP contribution in [0.2, 0.25) is 0 Å². The standard InChI is InChI=1S/C13H16N2O2S/c1-8(16)14-12-15-11-9(17-13(2,3)4)6-5-7-10(11)18-12/h5-7H,1-4H3,(H,14,15,16). The van der Waals surface area contributed by atoms with Gasteiger partial charge in [-0.3, -0.25) is 4.79 Å². The maximum Gasteiger partial charge on any atom is 0.223 e. The van der Waals surface area contributed by atoms with Crippen LogP contribution in [-0.4, -0.2) is 16.5 Å². The molecule has 0 radical (unpaired) electrons. The number of hydrogen-bond donors (Lipinski definition) is 1. The quantitative estimate of drug-likeness (QED) is 0.904. The number of hydrogen-bond acceptors (Lipinski definition) is 4. The molecule has 0 bridgehead atoms. The van der Waals surface area contributed by atoms with E-state index in [1.54, 1.807) is 0 Å². The highest BCUT2D eigenvalue weighted by Crippen LogP contribution is 2.33. The number of carbonyl (C=O) groups excluding carboxylic acids is 1. The number of nitrogens with one attached hydrogen (secondary N) is 1. The van der Waals surface area contributed by atoms with E-state index in [1.807, 2.05) is 39.0 Å². The van der Waals surface area contributed by atoms with E-state index in [1.165, 1.54) is 18.3 Å². The lowest BCUT2D eigenvalue weighted by Crippen LogP contribution is -2.23. The average Bonchev–Trinajstić information content (AvgIpc) is 2.57. The summed E-state index contributed by atoms with van der Waals surface area (Å²) in [7, 11) is 0. The van der Waals surface area contributed by atoms with Gasteiger partial charge in [0.05, 0.1) is 4.70 Å². The van der Waals surface area contributed by atoms with Gasteiger partial charge in [-0.1, -0.05) is 17.4 Å². The Labute approximate surface area is 110 Å². The van der Waals surface area contributed by atoms with Gasteiger partial charge < -0.3 is 10.1 Å². The first-order valence-electron chi connectivity index (χ1n) is 5.71. The molecule has 0 aliphatic rings. The van der Waals surface area contributed by atoms with E-state index in [2.05, 4.69) is 10.3 Å². The molecule has 0 atom stereocenters. The number of anilines is 1. The molecule has 0 fully saturated rings. The van der Waals surface area contributed by atoms with Gasteiger partial charge in [0.15, 0.2) is 5.13 Å². The number of benzene rings is 1. The number of nitrogens with zero attached hydrogens (tertiary/aromatic N) is 1. The Morgan fingerprint density at radius 2 is 2.11 bits per heavy atom. The molecule has 0 saturated carbocycles. The molecule has 18 heavy (non-hydrogen) atoms. The Morgan fingerprint density at radius 1 is 1.39 bits per heavy atom. The topological polar surface area (TPSA) is 51.2 Å². The second kappa shape index (κ2) is 4.57. The highest BCUT2D eigenvalue weighted by atomic mass is 32.1. The van der Waals surface area contributed by atoms with Crippen LogP contribution in [0.25, 0.3) is 10.2 Å². The minimum Gasteiger partial charge on any atom is -0.486 e. The van der Waals surface area contributed by atoms with Crippen molar-refractivity contribution in [2.45, 2.75) is 33.3 Å². The third-order valence-electron chi connectivity index (χ3n) is 2.08. The molecule has 1 heterocycles. The predicted octanol–water partition coefficient (Wildman–Crippen LogP) is 3.43. The van der Waals surface area contributed by atoms with Crippen LogP contribution in [0.15, 0.2) is 18.2 Å². The molecule has 0 saturated heterocycles. The van der Waals surface area contributed by atoms with Gasteiger partial charge in [0.2, 0.25) is 5.91 Å². The third-order valence-corrected chi connectivity index (χ3v) is 3.02. The molecule has 4 nitrogen and oxygen atoms in total. The van der Waals surface area contributed by atoms with Crippen LogP contribution >= 0.6 is 11.3 Å². The van der Waals surface area contributed by atoms with E-state index in [4.69, 9.17) is 4.74 Å². The number of rotatable bonds is 2. The number of thiazole rings is 1. The van der Waals surface area contributed by atoms with Crippen molar-refractivity contribution < 1.29 is 9.53 Å². The Balaban J connectivity index is 2.42. The molecule has 1 aromatic carbocycles. The van der Waals surface area contributed by atoms with Crippen molar-refractivity contribution >= 4 is 32.6 Å². The molecular weight excluding hydrogens is 248 g/mol. The number of aromatic nitrogens is 1. The maximum atomic E-state index is 11.0. The zero-order chi connectivity index (χ0) is 13.3. The van der Waals surface area contributed by atoms with E-state index in [-0.39, 0.29) is 11.5 Å². The van der Waals surface area contributed by atoms with Gasteiger partial charge in [-0.2, -0.15) is 0 Å². The van der Waals surface area contributed by atoms with Crippen molar-refractivity contribution in [2.75, 3.05) is 5.32 Å². The molecule has 0 unspecified atom stereocenters. The molecule has 96 valence electrons. The molecule has 1 amide bonds. The Bertz CT molecular complexity index is 584. The van der Waals surface area contributed by atoms with Crippen molar-refractivity contribution in [1.82, 2.24) is 4.98 Å². The number of fused-ring (bicyclic) bond motifs is 1. The van der Waals surface area contributed by atoms with Crippen molar-refractivity contribution in [3.8, 4) is 5.75 Å². The molecular formula is C13H16N2O2S. The van der Waals surface area contributed by atoms with Crippen LogP contribution in [0.5, 0.6) is 5.75 Å². The fourth-order valence-corrected chi connectivity index (χ4v) is 2.47. The van der Waals surface area contributed by atoms with E-state index in [9.17, 15) is 4.79 Å². The average molecular weight is 264 g/mol. The van der Waals surface area contributed by atoms with Gasteiger partial charge in [0.1, 0.15) is 16.9 Å². The smallest absolute Gasteiger partial charge is 0.223 e. The second-order valence-electron chi connectivity index (χ2n) is 5.02. The maximum absolute atomic E-state index is 11.0. The highest BCUT2D eigenvalue weighted by Gasteiger charge is 2.16. The van der Waals surface area contributed by atoms with Gasteiger partial charge in [-0.05, 0) is 32.9 Å². The fraction of sp³-hybridized carbons (Fsp3) is 0.385. The second-order valence-corrected chi connectivity index (χ2v) is 6.05. The Kier molecular flexibility index (Phi) is 3.26. The molecule has 0 aliphatic carbocycles. The van der Waals surface area contributed by atoms with E-state index < -0.39 is 0 Å².